The van der Waals surface area contributed by atoms with Gasteiger partial charge in [0.1, 0.15) is 29.6 Å². The molecule has 2 aromatic carbocycles. The molecule has 9 heteroatoms. The Bertz CT molecular complexity index is 868. The third-order valence-electron chi connectivity index (χ3n) is 3.63. The first-order valence-corrected chi connectivity index (χ1v) is 8.19. The van der Waals surface area contributed by atoms with Gasteiger partial charge in [0.25, 0.3) is 11.8 Å². The van der Waals surface area contributed by atoms with Crippen LogP contribution in [-0.2, 0) is 14.3 Å². The minimum Gasteiger partial charge on any atom is -0.496 e. The zero-order chi connectivity index (χ0) is 20.7. The van der Waals surface area contributed by atoms with Crippen molar-refractivity contribution in [1.82, 2.24) is 5.32 Å². The number of rotatable bonds is 7. The fraction of sp³-hybridized carbons (Fsp3) is 0.211. The van der Waals surface area contributed by atoms with Crippen molar-refractivity contribution in [1.29, 1.82) is 0 Å². The molecule has 0 saturated carbocycles. The lowest BCUT2D eigenvalue weighted by Gasteiger charge is -2.15. The number of benzene rings is 2. The third-order valence-corrected chi connectivity index (χ3v) is 3.63. The maximum Gasteiger partial charge on any atom is 0.326 e. The number of nitrogens with one attached hydrogen (secondary N) is 2. The lowest BCUT2D eigenvalue weighted by molar-refractivity contribution is -0.152. The van der Waals surface area contributed by atoms with Gasteiger partial charge in [-0.3, -0.25) is 14.4 Å². The first-order valence-electron chi connectivity index (χ1n) is 8.19. The molecule has 0 fully saturated rings. The summed E-state index contributed by atoms with van der Waals surface area (Å²) in [6.07, 6.45) is -1.34. The van der Waals surface area contributed by atoms with E-state index in [4.69, 9.17) is 9.47 Å². The Kier molecular flexibility index (Phi) is 7.02. The highest BCUT2D eigenvalue weighted by Crippen LogP contribution is 2.18. The number of halogens is 2. The van der Waals surface area contributed by atoms with Crippen LogP contribution in [-0.4, -0.2) is 37.5 Å². The van der Waals surface area contributed by atoms with Crippen molar-refractivity contribution in [2.45, 2.75) is 13.0 Å². The van der Waals surface area contributed by atoms with Crippen molar-refractivity contribution in [3.8, 4) is 5.75 Å². The van der Waals surface area contributed by atoms with E-state index in [-0.39, 0.29) is 5.56 Å². The number of anilines is 1. The van der Waals surface area contributed by atoms with E-state index in [0.29, 0.717) is 5.75 Å². The lowest BCUT2D eigenvalue weighted by atomic mass is 10.2. The molecule has 0 heterocycles. The molecule has 2 rings (SSSR count). The average molecular weight is 392 g/mol. The maximum atomic E-state index is 13.5. The molecule has 0 aromatic heterocycles. The van der Waals surface area contributed by atoms with Crippen LogP contribution in [0, 0.1) is 11.6 Å². The second-order valence-electron chi connectivity index (χ2n) is 5.60. The second kappa shape index (κ2) is 9.45. The molecule has 2 N–H and O–H groups in total. The largest absolute Gasteiger partial charge is 0.496 e. The van der Waals surface area contributed by atoms with Crippen molar-refractivity contribution in [2.24, 2.45) is 0 Å². The summed E-state index contributed by atoms with van der Waals surface area (Å²) in [5, 5.41) is 4.36. The van der Waals surface area contributed by atoms with Gasteiger partial charge in [-0.05, 0) is 31.2 Å². The Morgan fingerprint density at radius 1 is 1.04 bits per heavy atom. The topological polar surface area (TPSA) is 93.7 Å². The van der Waals surface area contributed by atoms with Crippen molar-refractivity contribution in [3.63, 3.8) is 0 Å². The number of methoxy groups -OCH3 is 1. The minimum atomic E-state index is -1.34. The van der Waals surface area contributed by atoms with Crippen LogP contribution in [0.4, 0.5) is 14.5 Å². The van der Waals surface area contributed by atoms with Crippen molar-refractivity contribution < 1.29 is 32.6 Å². The van der Waals surface area contributed by atoms with Crippen LogP contribution in [0.5, 0.6) is 5.75 Å². The van der Waals surface area contributed by atoms with E-state index in [1.807, 2.05) is 5.32 Å². The summed E-state index contributed by atoms with van der Waals surface area (Å²) >= 11 is 0. The molecule has 28 heavy (non-hydrogen) atoms. The van der Waals surface area contributed by atoms with Gasteiger partial charge in [-0.1, -0.05) is 18.2 Å². The van der Waals surface area contributed by atoms with Crippen molar-refractivity contribution in [2.75, 3.05) is 19.0 Å². The molecular formula is C19H18F2N2O5. The van der Waals surface area contributed by atoms with Gasteiger partial charge in [-0.15, -0.1) is 0 Å². The van der Waals surface area contributed by atoms with E-state index in [0.717, 1.165) is 18.2 Å². The molecule has 0 unspecified atom stereocenters. The van der Waals surface area contributed by atoms with Crippen LogP contribution in [0.2, 0.25) is 0 Å². The van der Waals surface area contributed by atoms with E-state index < -0.39 is 47.8 Å². The molecule has 0 bridgehead atoms. The summed E-state index contributed by atoms with van der Waals surface area (Å²) < 4.78 is 37.0. The molecule has 2 aromatic rings. The number of ether oxygens (including phenoxy) is 2. The Balaban J connectivity index is 1.88. The number of para-hydroxylation sites is 2. The Labute approximate surface area is 159 Å². The molecule has 148 valence electrons. The molecule has 0 radical (unpaired) electrons. The maximum absolute atomic E-state index is 13.5. The SMILES string of the molecule is COc1ccccc1C(=O)NCC(=O)O[C@@H](C)C(=O)Nc1c(F)cccc1F. The highest BCUT2D eigenvalue weighted by atomic mass is 19.1. The standard InChI is InChI=1S/C19H18F2N2O5/c1-11(18(25)23-17-13(20)7-5-8-14(17)21)28-16(24)10-22-19(26)12-6-3-4-9-15(12)27-2/h3-9,11H,10H2,1-2H3,(H,22,26)(H,23,25)/t11-/m0/s1. The first-order chi connectivity index (χ1) is 13.3. The van der Waals surface area contributed by atoms with Crippen LogP contribution in [0.25, 0.3) is 0 Å². The van der Waals surface area contributed by atoms with Crippen LogP contribution in [0.15, 0.2) is 42.5 Å². The second-order valence-corrected chi connectivity index (χ2v) is 5.60. The normalized spacial score (nSPS) is 11.3. The number of hydrogen-bond donors (Lipinski definition) is 2. The molecule has 0 aliphatic heterocycles. The molecule has 0 aliphatic rings. The predicted molar refractivity (Wildman–Crippen MR) is 95.9 cm³/mol. The molecule has 7 nitrogen and oxygen atoms in total. The van der Waals surface area contributed by atoms with Crippen LogP contribution < -0.4 is 15.4 Å². The van der Waals surface area contributed by atoms with E-state index in [2.05, 4.69) is 5.32 Å². The highest BCUT2D eigenvalue weighted by Gasteiger charge is 2.21. The zero-order valence-corrected chi connectivity index (χ0v) is 15.1. The lowest BCUT2D eigenvalue weighted by Crippen LogP contribution is -2.36. The van der Waals surface area contributed by atoms with Gasteiger partial charge in [-0.2, -0.15) is 0 Å². The first kappa shape index (κ1) is 20.8. The van der Waals surface area contributed by atoms with Gasteiger partial charge >= 0.3 is 5.97 Å². The predicted octanol–water partition coefficient (Wildman–Crippen LogP) is 2.27. The number of amides is 2. The smallest absolute Gasteiger partial charge is 0.326 e. The quantitative estimate of drug-likeness (QED) is 0.705. The monoisotopic (exact) mass is 392 g/mol. The summed E-state index contributed by atoms with van der Waals surface area (Å²) in [6.45, 7) is 0.719. The summed E-state index contributed by atoms with van der Waals surface area (Å²) in [7, 11) is 1.40. The van der Waals surface area contributed by atoms with E-state index in [1.165, 1.54) is 20.1 Å². The van der Waals surface area contributed by atoms with E-state index in [9.17, 15) is 23.2 Å². The average Bonchev–Trinajstić information content (AvgIpc) is 2.68. The van der Waals surface area contributed by atoms with Crippen molar-refractivity contribution in [3.05, 3.63) is 59.7 Å². The van der Waals surface area contributed by atoms with Crippen LogP contribution in [0.1, 0.15) is 17.3 Å². The number of carbonyl (C=O) groups excluding carboxylic acids is 3. The number of esters is 1. The Hall–Kier alpha value is -3.49. The summed E-state index contributed by atoms with van der Waals surface area (Å²) in [5.74, 6) is -3.99. The summed E-state index contributed by atoms with van der Waals surface area (Å²) in [6, 6.07) is 9.51. The molecule has 2 amide bonds. The number of hydrogen-bond acceptors (Lipinski definition) is 5. The van der Waals surface area contributed by atoms with Gasteiger partial charge in [0.15, 0.2) is 6.10 Å². The van der Waals surface area contributed by atoms with Crippen LogP contribution in [0.3, 0.4) is 0 Å². The van der Waals surface area contributed by atoms with Gasteiger partial charge in [0, 0.05) is 0 Å². The van der Waals surface area contributed by atoms with E-state index >= 15 is 0 Å². The van der Waals surface area contributed by atoms with Gasteiger partial charge in [0.2, 0.25) is 0 Å². The zero-order valence-electron chi connectivity index (χ0n) is 15.1. The minimum absolute atomic E-state index is 0.221. The Morgan fingerprint density at radius 2 is 1.68 bits per heavy atom. The van der Waals surface area contributed by atoms with Gasteiger partial charge in [-0.25, -0.2) is 8.78 Å². The molecule has 0 saturated heterocycles. The molecule has 0 spiro atoms. The van der Waals surface area contributed by atoms with Gasteiger partial charge in [0.05, 0.1) is 12.7 Å². The van der Waals surface area contributed by atoms with E-state index in [1.54, 1.807) is 18.2 Å². The third kappa shape index (κ3) is 5.26. The highest BCUT2D eigenvalue weighted by molar-refractivity contribution is 5.99. The fourth-order valence-electron chi connectivity index (χ4n) is 2.21. The Morgan fingerprint density at radius 3 is 2.32 bits per heavy atom. The summed E-state index contributed by atoms with van der Waals surface area (Å²) in [4.78, 5) is 35.9. The molecular weight excluding hydrogens is 374 g/mol. The molecule has 1 atom stereocenters. The molecule has 0 aliphatic carbocycles. The van der Waals surface area contributed by atoms with Gasteiger partial charge < -0.3 is 20.1 Å². The summed E-state index contributed by atoms with van der Waals surface area (Å²) in [5.41, 5.74) is -0.418. The van der Waals surface area contributed by atoms with Crippen LogP contribution >= 0.6 is 0 Å². The van der Waals surface area contributed by atoms with Crippen molar-refractivity contribution >= 4 is 23.5 Å². The fourth-order valence-corrected chi connectivity index (χ4v) is 2.21. The number of carbonyl (C=O) groups is 3.